The van der Waals surface area contributed by atoms with Crippen LogP contribution in [0.3, 0.4) is 0 Å². The smallest absolute Gasteiger partial charge is 0.00812 e. The molecular weight excluding hydrogens is 164 g/mol. The highest BCUT2D eigenvalue weighted by Gasteiger charge is 2.24. The summed E-state index contributed by atoms with van der Waals surface area (Å²) in [5.74, 6) is 0.720. The van der Waals surface area contributed by atoms with Gasteiger partial charge in [-0.05, 0) is 29.2 Å². The fourth-order valence-electron chi connectivity index (χ4n) is 1.73. The van der Waals surface area contributed by atoms with Gasteiger partial charge in [0.05, 0.1) is 0 Å². The normalized spacial score (nSPS) is 14.7. The highest BCUT2D eigenvalue weighted by molar-refractivity contribution is 7.10. The molecule has 0 spiro atoms. The standard InChI is InChI=1S/C11H18S/c1-5-9(11(2,3)4)10-7-6-8-12-10/h6-9H,5H2,1-4H3. The van der Waals surface area contributed by atoms with Crippen molar-refractivity contribution in [2.45, 2.75) is 40.0 Å². The molecule has 0 aromatic carbocycles. The average molecular weight is 182 g/mol. The van der Waals surface area contributed by atoms with E-state index in [0.29, 0.717) is 5.41 Å². The third-order valence-corrected chi connectivity index (χ3v) is 3.33. The molecule has 68 valence electrons. The molecular formula is C11H18S. The summed E-state index contributed by atoms with van der Waals surface area (Å²) < 4.78 is 0. The molecule has 0 aliphatic carbocycles. The van der Waals surface area contributed by atoms with Crippen LogP contribution in [0.1, 0.15) is 44.9 Å². The lowest BCUT2D eigenvalue weighted by atomic mass is 9.78. The van der Waals surface area contributed by atoms with Gasteiger partial charge in [0.1, 0.15) is 0 Å². The quantitative estimate of drug-likeness (QED) is 0.640. The van der Waals surface area contributed by atoms with Crippen LogP contribution < -0.4 is 0 Å². The van der Waals surface area contributed by atoms with Gasteiger partial charge in [-0.2, -0.15) is 0 Å². The Morgan fingerprint density at radius 3 is 2.42 bits per heavy atom. The molecule has 1 aromatic rings. The molecule has 1 aromatic heterocycles. The van der Waals surface area contributed by atoms with E-state index in [-0.39, 0.29) is 0 Å². The molecule has 0 aliphatic heterocycles. The van der Waals surface area contributed by atoms with E-state index in [4.69, 9.17) is 0 Å². The Morgan fingerprint density at radius 2 is 2.08 bits per heavy atom. The van der Waals surface area contributed by atoms with Crippen LogP contribution in [-0.4, -0.2) is 0 Å². The summed E-state index contributed by atoms with van der Waals surface area (Å²) in [5, 5.41) is 2.17. The van der Waals surface area contributed by atoms with E-state index in [2.05, 4.69) is 45.2 Å². The maximum Gasteiger partial charge on any atom is 0.00812 e. The van der Waals surface area contributed by atoms with E-state index in [1.54, 1.807) is 0 Å². The molecule has 1 unspecified atom stereocenters. The summed E-state index contributed by atoms with van der Waals surface area (Å²) in [6, 6.07) is 4.40. The minimum Gasteiger partial charge on any atom is -0.149 e. The lowest BCUT2D eigenvalue weighted by molar-refractivity contribution is 0.316. The topological polar surface area (TPSA) is 0 Å². The molecule has 0 saturated carbocycles. The fraction of sp³-hybridized carbons (Fsp3) is 0.636. The monoisotopic (exact) mass is 182 g/mol. The summed E-state index contributed by atoms with van der Waals surface area (Å²) in [6.07, 6.45) is 1.24. The predicted octanol–water partition coefficient (Wildman–Crippen LogP) is 4.29. The van der Waals surface area contributed by atoms with E-state index in [1.807, 2.05) is 11.3 Å². The lowest BCUT2D eigenvalue weighted by Gasteiger charge is -2.28. The molecule has 12 heavy (non-hydrogen) atoms. The van der Waals surface area contributed by atoms with E-state index in [0.717, 1.165) is 5.92 Å². The number of thiophene rings is 1. The van der Waals surface area contributed by atoms with Gasteiger partial charge in [-0.3, -0.25) is 0 Å². The predicted molar refractivity (Wildman–Crippen MR) is 56.8 cm³/mol. The SMILES string of the molecule is CCC(c1cccs1)C(C)(C)C. The van der Waals surface area contributed by atoms with Crippen molar-refractivity contribution in [3.63, 3.8) is 0 Å². The van der Waals surface area contributed by atoms with Crippen molar-refractivity contribution in [2.24, 2.45) is 5.41 Å². The van der Waals surface area contributed by atoms with Crippen LogP contribution in [0.25, 0.3) is 0 Å². The van der Waals surface area contributed by atoms with Crippen LogP contribution in [0.15, 0.2) is 17.5 Å². The molecule has 0 fully saturated rings. The zero-order chi connectivity index (χ0) is 9.19. The Morgan fingerprint density at radius 1 is 1.42 bits per heavy atom. The first-order valence-corrected chi connectivity index (χ1v) is 5.47. The summed E-state index contributed by atoms with van der Waals surface area (Å²) in [4.78, 5) is 1.53. The lowest BCUT2D eigenvalue weighted by Crippen LogP contribution is -2.16. The van der Waals surface area contributed by atoms with Gasteiger partial charge in [-0.15, -0.1) is 11.3 Å². The largest absolute Gasteiger partial charge is 0.149 e. The van der Waals surface area contributed by atoms with Gasteiger partial charge in [-0.1, -0.05) is 33.8 Å². The molecule has 0 bridgehead atoms. The van der Waals surface area contributed by atoms with Gasteiger partial charge in [0.15, 0.2) is 0 Å². The van der Waals surface area contributed by atoms with Gasteiger partial charge < -0.3 is 0 Å². The molecule has 0 saturated heterocycles. The van der Waals surface area contributed by atoms with Gasteiger partial charge in [0, 0.05) is 4.88 Å². The summed E-state index contributed by atoms with van der Waals surface area (Å²) in [6.45, 7) is 9.23. The van der Waals surface area contributed by atoms with Crippen molar-refractivity contribution < 1.29 is 0 Å². The molecule has 0 radical (unpaired) electrons. The summed E-state index contributed by atoms with van der Waals surface area (Å²) in [7, 11) is 0. The van der Waals surface area contributed by atoms with Crippen molar-refractivity contribution in [1.82, 2.24) is 0 Å². The highest BCUT2D eigenvalue weighted by Crippen LogP contribution is 2.39. The second-order valence-corrected chi connectivity index (χ2v) is 5.32. The van der Waals surface area contributed by atoms with Gasteiger partial charge in [0.2, 0.25) is 0 Å². The van der Waals surface area contributed by atoms with E-state index in [1.165, 1.54) is 11.3 Å². The van der Waals surface area contributed by atoms with E-state index >= 15 is 0 Å². The first kappa shape index (κ1) is 9.79. The first-order chi connectivity index (χ1) is 5.55. The van der Waals surface area contributed by atoms with Crippen molar-refractivity contribution in [3.05, 3.63) is 22.4 Å². The van der Waals surface area contributed by atoms with Gasteiger partial charge in [0.25, 0.3) is 0 Å². The van der Waals surface area contributed by atoms with Crippen LogP contribution in [0, 0.1) is 5.41 Å². The molecule has 0 nitrogen and oxygen atoms in total. The van der Waals surface area contributed by atoms with Gasteiger partial charge in [-0.25, -0.2) is 0 Å². The summed E-state index contributed by atoms with van der Waals surface area (Å²) in [5.41, 5.74) is 0.402. The molecule has 1 atom stereocenters. The average Bonchev–Trinajstić information content (AvgIpc) is 2.38. The molecule has 0 N–H and O–H groups in total. The molecule has 0 aliphatic rings. The molecule has 0 amide bonds. The Labute approximate surface area is 79.6 Å². The Bertz CT molecular complexity index is 216. The second kappa shape index (κ2) is 3.61. The highest BCUT2D eigenvalue weighted by atomic mass is 32.1. The van der Waals surface area contributed by atoms with Crippen LogP contribution in [0.2, 0.25) is 0 Å². The maximum absolute atomic E-state index is 2.32. The summed E-state index contributed by atoms with van der Waals surface area (Å²) >= 11 is 1.88. The zero-order valence-electron chi connectivity index (χ0n) is 8.42. The minimum absolute atomic E-state index is 0.402. The number of rotatable bonds is 2. The van der Waals surface area contributed by atoms with Crippen molar-refractivity contribution >= 4 is 11.3 Å². The Hall–Kier alpha value is -0.300. The van der Waals surface area contributed by atoms with Crippen LogP contribution in [-0.2, 0) is 0 Å². The van der Waals surface area contributed by atoms with E-state index in [9.17, 15) is 0 Å². The van der Waals surface area contributed by atoms with Crippen LogP contribution in [0.5, 0.6) is 0 Å². The number of hydrogen-bond acceptors (Lipinski definition) is 1. The molecule has 1 rings (SSSR count). The second-order valence-electron chi connectivity index (χ2n) is 4.34. The first-order valence-electron chi connectivity index (χ1n) is 4.59. The Balaban J connectivity index is 2.84. The van der Waals surface area contributed by atoms with E-state index < -0.39 is 0 Å². The molecule has 1 heterocycles. The van der Waals surface area contributed by atoms with Crippen molar-refractivity contribution in [2.75, 3.05) is 0 Å². The van der Waals surface area contributed by atoms with Crippen LogP contribution >= 0.6 is 11.3 Å². The van der Waals surface area contributed by atoms with Gasteiger partial charge >= 0.3 is 0 Å². The van der Waals surface area contributed by atoms with Crippen molar-refractivity contribution in [3.8, 4) is 0 Å². The number of hydrogen-bond donors (Lipinski definition) is 0. The maximum atomic E-state index is 2.32. The van der Waals surface area contributed by atoms with Crippen molar-refractivity contribution in [1.29, 1.82) is 0 Å². The third kappa shape index (κ3) is 2.10. The van der Waals surface area contributed by atoms with Crippen LogP contribution in [0.4, 0.5) is 0 Å². The molecule has 1 heteroatoms. The third-order valence-electron chi connectivity index (χ3n) is 2.34. The Kier molecular flexibility index (Phi) is 2.94. The fourth-order valence-corrected chi connectivity index (χ4v) is 2.89. The minimum atomic E-state index is 0.402. The zero-order valence-corrected chi connectivity index (χ0v) is 9.24.